The second-order valence-corrected chi connectivity index (χ2v) is 4.40. The van der Waals surface area contributed by atoms with Gasteiger partial charge in [-0.2, -0.15) is 0 Å². The first-order chi connectivity index (χ1) is 5.02. The van der Waals surface area contributed by atoms with Gasteiger partial charge in [0.25, 0.3) is 0 Å². The Morgan fingerprint density at radius 3 is 2.36 bits per heavy atom. The summed E-state index contributed by atoms with van der Waals surface area (Å²) in [5.74, 6) is 0.399. The Hall–Kier alpha value is -0.0800. The van der Waals surface area contributed by atoms with Crippen molar-refractivity contribution in [3.63, 3.8) is 0 Å². The molecule has 66 valence electrons. The maximum absolute atomic E-state index is 9.58. The Labute approximate surface area is 68.6 Å². The molecule has 1 aliphatic heterocycles. The first kappa shape index (κ1) is 9.01. The van der Waals surface area contributed by atoms with Crippen molar-refractivity contribution in [3.05, 3.63) is 0 Å². The van der Waals surface area contributed by atoms with Crippen molar-refractivity contribution in [1.82, 2.24) is 0 Å². The fourth-order valence-electron chi connectivity index (χ4n) is 1.73. The lowest BCUT2D eigenvalue weighted by molar-refractivity contribution is -0.0765. The van der Waals surface area contributed by atoms with Crippen molar-refractivity contribution < 1.29 is 9.84 Å². The zero-order valence-corrected chi connectivity index (χ0v) is 7.63. The van der Waals surface area contributed by atoms with E-state index in [9.17, 15) is 5.11 Å². The molecule has 2 nitrogen and oxygen atoms in total. The average molecular weight is 158 g/mol. The summed E-state index contributed by atoms with van der Waals surface area (Å²) in [6.45, 7) is 7.84. The number of aliphatic hydroxyl groups excluding tert-OH is 1. The van der Waals surface area contributed by atoms with Crippen LogP contribution in [0.25, 0.3) is 0 Å². The van der Waals surface area contributed by atoms with E-state index in [1.165, 1.54) is 0 Å². The van der Waals surface area contributed by atoms with Gasteiger partial charge in [-0.3, -0.25) is 0 Å². The molecule has 11 heavy (non-hydrogen) atoms. The third kappa shape index (κ3) is 2.17. The lowest BCUT2D eigenvalue weighted by atomic mass is 9.75. The van der Waals surface area contributed by atoms with Crippen molar-refractivity contribution in [3.8, 4) is 0 Å². The van der Waals surface area contributed by atoms with Crippen molar-refractivity contribution in [2.75, 3.05) is 13.2 Å². The molecule has 1 rings (SSSR count). The van der Waals surface area contributed by atoms with Crippen LogP contribution in [0.2, 0.25) is 0 Å². The minimum atomic E-state index is -0.260. The molecule has 1 heterocycles. The summed E-state index contributed by atoms with van der Waals surface area (Å²) in [5.41, 5.74) is 0.212. The van der Waals surface area contributed by atoms with Crippen LogP contribution >= 0.6 is 0 Å². The van der Waals surface area contributed by atoms with Gasteiger partial charge in [-0.1, -0.05) is 20.8 Å². The van der Waals surface area contributed by atoms with Gasteiger partial charge in [0.05, 0.1) is 12.7 Å². The molecule has 1 aliphatic rings. The van der Waals surface area contributed by atoms with Crippen LogP contribution in [0.5, 0.6) is 0 Å². The van der Waals surface area contributed by atoms with Gasteiger partial charge >= 0.3 is 0 Å². The number of hydrogen-bond acceptors (Lipinski definition) is 2. The topological polar surface area (TPSA) is 29.5 Å². The van der Waals surface area contributed by atoms with E-state index in [-0.39, 0.29) is 11.5 Å². The lowest BCUT2D eigenvalue weighted by Crippen LogP contribution is -2.39. The molecule has 0 aliphatic carbocycles. The molecule has 1 N–H and O–H groups in total. The highest BCUT2D eigenvalue weighted by atomic mass is 16.5. The van der Waals surface area contributed by atoms with Crippen LogP contribution < -0.4 is 0 Å². The summed E-state index contributed by atoms with van der Waals surface area (Å²) in [5, 5.41) is 9.58. The molecular weight excluding hydrogens is 140 g/mol. The summed E-state index contributed by atoms with van der Waals surface area (Å²) >= 11 is 0. The van der Waals surface area contributed by atoms with Gasteiger partial charge in [0.1, 0.15) is 0 Å². The highest BCUT2D eigenvalue weighted by Gasteiger charge is 2.33. The monoisotopic (exact) mass is 158 g/mol. The van der Waals surface area contributed by atoms with E-state index in [1.807, 2.05) is 0 Å². The Morgan fingerprint density at radius 2 is 2.00 bits per heavy atom. The van der Waals surface area contributed by atoms with E-state index in [2.05, 4.69) is 20.8 Å². The molecular formula is C9H18O2. The predicted molar refractivity (Wildman–Crippen MR) is 44.4 cm³/mol. The quantitative estimate of drug-likeness (QED) is 0.578. The van der Waals surface area contributed by atoms with Gasteiger partial charge in [-0.15, -0.1) is 0 Å². The van der Waals surface area contributed by atoms with Gasteiger partial charge in [0.2, 0.25) is 0 Å². The molecule has 0 aromatic carbocycles. The van der Waals surface area contributed by atoms with Crippen LogP contribution in [0.1, 0.15) is 27.2 Å². The second-order valence-electron chi connectivity index (χ2n) is 4.40. The molecule has 0 aromatic heterocycles. The third-order valence-electron chi connectivity index (χ3n) is 2.44. The minimum absolute atomic E-state index is 0.212. The molecule has 0 amide bonds. The molecule has 2 heteroatoms. The van der Waals surface area contributed by atoms with Crippen LogP contribution in [0.4, 0.5) is 0 Å². The fourth-order valence-corrected chi connectivity index (χ4v) is 1.73. The standard InChI is InChI=1S/C9H18O2/c1-9(2,3)7-4-5-11-6-8(7)10/h7-8,10H,4-6H2,1-3H3/t7-,8+/m0/s1. The Kier molecular flexibility index (Phi) is 2.55. The zero-order valence-electron chi connectivity index (χ0n) is 7.63. The van der Waals surface area contributed by atoms with Gasteiger partial charge in [-0.05, 0) is 17.8 Å². The van der Waals surface area contributed by atoms with Crippen LogP contribution in [0.15, 0.2) is 0 Å². The lowest BCUT2D eigenvalue weighted by Gasteiger charge is -2.37. The van der Waals surface area contributed by atoms with Crippen molar-refractivity contribution >= 4 is 0 Å². The number of rotatable bonds is 0. The van der Waals surface area contributed by atoms with E-state index in [0.29, 0.717) is 12.5 Å². The predicted octanol–water partition coefficient (Wildman–Crippen LogP) is 1.43. The first-order valence-corrected chi connectivity index (χ1v) is 4.27. The van der Waals surface area contributed by atoms with Crippen molar-refractivity contribution in [1.29, 1.82) is 0 Å². The van der Waals surface area contributed by atoms with Gasteiger partial charge < -0.3 is 9.84 Å². The smallest absolute Gasteiger partial charge is 0.0807 e. The fraction of sp³-hybridized carbons (Fsp3) is 1.00. The molecule has 0 unspecified atom stereocenters. The van der Waals surface area contributed by atoms with Gasteiger partial charge in [0.15, 0.2) is 0 Å². The van der Waals surface area contributed by atoms with Gasteiger partial charge in [0, 0.05) is 6.61 Å². The summed E-state index contributed by atoms with van der Waals surface area (Å²) in [6.07, 6.45) is 0.730. The molecule has 0 spiro atoms. The highest BCUT2D eigenvalue weighted by molar-refractivity contribution is 4.82. The normalized spacial score (nSPS) is 33.8. The Balaban J connectivity index is 2.55. The number of hydrogen-bond donors (Lipinski definition) is 1. The van der Waals surface area contributed by atoms with Crippen molar-refractivity contribution in [2.45, 2.75) is 33.3 Å². The van der Waals surface area contributed by atoms with E-state index in [0.717, 1.165) is 13.0 Å². The highest BCUT2D eigenvalue weighted by Crippen LogP contribution is 2.33. The minimum Gasteiger partial charge on any atom is -0.390 e. The number of aliphatic hydroxyl groups is 1. The van der Waals surface area contributed by atoms with Crippen LogP contribution in [-0.4, -0.2) is 24.4 Å². The van der Waals surface area contributed by atoms with E-state index in [1.54, 1.807) is 0 Å². The maximum atomic E-state index is 9.58. The summed E-state index contributed by atoms with van der Waals surface area (Å²) in [6, 6.07) is 0. The maximum Gasteiger partial charge on any atom is 0.0807 e. The SMILES string of the molecule is CC(C)(C)[C@H]1CCOC[C@H]1O. The van der Waals surface area contributed by atoms with E-state index >= 15 is 0 Å². The largest absolute Gasteiger partial charge is 0.390 e. The van der Waals surface area contributed by atoms with E-state index < -0.39 is 0 Å². The zero-order chi connectivity index (χ0) is 8.48. The number of ether oxygens (including phenoxy) is 1. The van der Waals surface area contributed by atoms with E-state index in [4.69, 9.17) is 4.74 Å². The molecule has 1 saturated heterocycles. The molecule has 1 fully saturated rings. The average Bonchev–Trinajstić information content (AvgIpc) is 1.86. The van der Waals surface area contributed by atoms with Crippen LogP contribution in [0, 0.1) is 11.3 Å². The molecule has 0 radical (unpaired) electrons. The summed E-state index contributed by atoms with van der Waals surface area (Å²) < 4.78 is 5.16. The third-order valence-corrected chi connectivity index (χ3v) is 2.44. The van der Waals surface area contributed by atoms with Crippen molar-refractivity contribution in [2.24, 2.45) is 11.3 Å². The van der Waals surface area contributed by atoms with Crippen LogP contribution in [0.3, 0.4) is 0 Å². The first-order valence-electron chi connectivity index (χ1n) is 4.27. The second kappa shape index (κ2) is 3.11. The molecule has 2 atom stereocenters. The molecule has 0 saturated carbocycles. The van der Waals surface area contributed by atoms with Crippen LogP contribution in [-0.2, 0) is 4.74 Å². The Bertz CT molecular complexity index is 126. The van der Waals surface area contributed by atoms with Gasteiger partial charge in [-0.25, -0.2) is 0 Å². The summed E-state index contributed by atoms with van der Waals surface area (Å²) in [4.78, 5) is 0. The summed E-state index contributed by atoms with van der Waals surface area (Å²) in [7, 11) is 0. The molecule has 0 bridgehead atoms. The Morgan fingerprint density at radius 1 is 1.36 bits per heavy atom. The molecule has 0 aromatic rings.